The third-order valence-corrected chi connectivity index (χ3v) is 5.37. The molecule has 0 amide bonds. The van der Waals surface area contributed by atoms with Gasteiger partial charge in [-0.3, -0.25) is 0 Å². The third kappa shape index (κ3) is 3.08. The maximum atomic E-state index is 13.2. The summed E-state index contributed by atoms with van der Waals surface area (Å²) in [4.78, 5) is -0.174. The Hall–Kier alpha value is -0.690. The van der Waals surface area contributed by atoms with Crippen molar-refractivity contribution < 1.29 is 12.8 Å². The molecular formula is C12H16ClFN2O2S. The molecule has 1 aliphatic heterocycles. The van der Waals surface area contributed by atoms with Crippen molar-refractivity contribution in [3.8, 4) is 0 Å². The van der Waals surface area contributed by atoms with E-state index in [2.05, 4.69) is 5.32 Å². The second-order valence-corrected chi connectivity index (χ2v) is 7.54. The van der Waals surface area contributed by atoms with E-state index in [4.69, 9.17) is 11.6 Å². The van der Waals surface area contributed by atoms with Gasteiger partial charge in [-0.2, -0.15) is 4.31 Å². The van der Waals surface area contributed by atoms with Gasteiger partial charge in [-0.1, -0.05) is 11.6 Å². The fourth-order valence-electron chi connectivity index (χ4n) is 2.11. The van der Waals surface area contributed by atoms with Crippen LogP contribution in [0, 0.1) is 5.82 Å². The van der Waals surface area contributed by atoms with E-state index in [9.17, 15) is 12.8 Å². The van der Waals surface area contributed by atoms with Gasteiger partial charge in [-0.15, -0.1) is 0 Å². The lowest BCUT2D eigenvalue weighted by Crippen LogP contribution is -2.58. The van der Waals surface area contributed by atoms with Crippen molar-refractivity contribution >= 4 is 21.6 Å². The molecule has 1 heterocycles. The summed E-state index contributed by atoms with van der Waals surface area (Å²) >= 11 is 5.88. The Kier molecular flexibility index (Phi) is 3.88. The highest BCUT2D eigenvalue weighted by Gasteiger charge is 2.34. The highest BCUT2D eigenvalue weighted by atomic mass is 35.5. The van der Waals surface area contributed by atoms with Gasteiger partial charge in [0.25, 0.3) is 0 Å². The molecule has 0 atom stereocenters. The molecule has 1 aliphatic rings. The van der Waals surface area contributed by atoms with Crippen molar-refractivity contribution in [3.63, 3.8) is 0 Å². The first-order chi connectivity index (χ1) is 8.72. The minimum absolute atomic E-state index is 0.0396. The van der Waals surface area contributed by atoms with Gasteiger partial charge >= 0.3 is 0 Å². The van der Waals surface area contributed by atoms with Crippen molar-refractivity contribution in [2.24, 2.45) is 0 Å². The standard InChI is InChI=1S/C12H16ClFN2O2S/c1-12(2)8-16(6-5-15-12)19(17,18)11-7-9(14)3-4-10(11)13/h3-4,7,15H,5-6,8H2,1-2H3. The van der Waals surface area contributed by atoms with Gasteiger partial charge in [-0.05, 0) is 32.0 Å². The zero-order valence-corrected chi connectivity index (χ0v) is 12.4. The number of nitrogens with zero attached hydrogens (tertiary/aromatic N) is 1. The number of nitrogens with one attached hydrogen (secondary N) is 1. The summed E-state index contributed by atoms with van der Waals surface area (Å²) in [5, 5.41) is 3.26. The normalized spacial score (nSPS) is 20.4. The van der Waals surface area contributed by atoms with Crippen LogP contribution in [0.15, 0.2) is 23.1 Å². The van der Waals surface area contributed by atoms with Crippen LogP contribution in [0.25, 0.3) is 0 Å². The number of sulfonamides is 1. The minimum Gasteiger partial charge on any atom is -0.309 e. The second kappa shape index (κ2) is 5.01. The zero-order chi connectivity index (χ0) is 14.3. The molecule has 0 spiro atoms. The largest absolute Gasteiger partial charge is 0.309 e. The number of piperazine rings is 1. The molecule has 0 aromatic heterocycles. The smallest absolute Gasteiger partial charge is 0.244 e. The zero-order valence-electron chi connectivity index (χ0n) is 10.8. The number of hydrogen-bond acceptors (Lipinski definition) is 3. The Labute approximate surface area is 117 Å². The first-order valence-electron chi connectivity index (χ1n) is 5.93. The first kappa shape index (κ1) is 14.7. The van der Waals surface area contributed by atoms with Gasteiger partial charge in [0.05, 0.1) is 5.02 Å². The van der Waals surface area contributed by atoms with E-state index in [1.165, 1.54) is 10.4 Å². The lowest BCUT2D eigenvalue weighted by atomic mass is 10.0. The third-order valence-electron chi connectivity index (χ3n) is 3.05. The maximum Gasteiger partial charge on any atom is 0.244 e. The molecular weight excluding hydrogens is 291 g/mol. The molecule has 1 fully saturated rings. The number of rotatable bonds is 2. The van der Waals surface area contributed by atoms with Crippen LogP contribution in [0.2, 0.25) is 5.02 Å². The molecule has 0 saturated carbocycles. The van der Waals surface area contributed by atoms with Gasteiger partial charge < -0.3 is 5.32 Å². The summed E-state index contributed by atoms with van der Waals surface area (Å²) in [5.74, 6) is -0.614. The topological polar surface area (TPSA) is 49.4 Å². The summed E-state index contributed by atoms with van der Waals surface area (Å²) in [6, 6.07) is 3.37. The summed E-state index contributed by atoms with van der Waals surface area (Å²) in [6.07, 6.45) is 0. The molecule has 0 aliphatic carbocycles. The average molecular weight is 307 g/mol. The van der Waals surface area contributed by atoms with E-state index >= 15 is 0 Å². The number of hydrogen-bond donors (Lipinski definition) is 1. The van der Waals surface area contributed by atoms with Gasteiger partial charge in [0, 0.05) is 25.2 Å². The van der Waals surface area contributed by atoms with Crippen LogP contribution in [0.5, 0.6) is 0 Å². The number of halogens is 2. The SMILES string of the molecule is CC1(C)CN(S(=O)(=O)c2cc(F)ccc2Cl)CCN1. The van der Waals surface area contributed by atoms with E-state index < -0.39 is 15.8 Å². The van der Waals surface area contributed by atoms with E-state index in [1.54, 1.807) is 0 Å². The quantitative estimate of drug-likeness (QED) is 0.907. The van der Waals surface area contributed by atoms with Crippen molar-refractivity contribution in [3.05, 3.63) is 29.0 Å². The van der Waals surface area contributed by atoms with Crippen LogP contribution in [-0.4, -0.2) is 37.9 Å². The lowest BCUT2D eigenvalue weighted by Gasteiger charge is -2.38. The fraction of sp³-hybridized carbons (Fsp3) is 0.500. The van der Waals surface area contributed by atoms with Crippen molar-refractivity contribution in [1.82, 2.24) is 9.62 Å². The molecule has 106 valence electrons. The predicted molar refractivity (Wildman–Crippen MR) is 72.3 cm³/mol. The molecule has 19 heavy (non-hydrogen) atoms. The van der Waals surface area contributed by atoms with Crippen LogP contribution in [0.4, 0.5) is 4.39 Å². The average Bonchev–Trinajstić information content (AvgIpc) is 2.31. The van der Waals surface area contributed by atoms with Gasteiger partial charge in [0.1, 0.15) is 10.7 Å². The Bertz CT molecular complexity index is 589. The molecule has 7 heteroatoms. The van der Waals surface area contributed by atoms with Crippen LogP contribution in [0.1, 0.15) is 13.8 Å². The predicted octanol–water partition coefficient (Wildman–Crippen LogP) is 1.85. The molecule has 1 aromatic carbocycles. The molecule has 1 N–H and O–H groups in total. The highest BCUT2D eigenvalue weighted by Crippen LogP contribution is 2.27. The van der Waals surface area contributed by atoms with Crippen LogP contribution in [-0.2, 0) is 10.0 Å². The molecule has 0 bridgehead atoms. The molecule has 1 saturated heterocycles. The first-order valence-corrected chi connectivity index (χ1v) is 7.74. The van der Waals surface area contributed by atoms with Gasteiger partial charge in [0.15, 0.2) is 0 Å². The Morgan fingerprint density at radius 3 is 2.74 bits per heavy atom. The molecule has 4 nitrogen and oxygen atoms in total. The summed E-state index contributed by atoms with van der Waals surface area (Å²) in [7, 11) is -3.76. The monoisotopic (exact) mass is 306 g/mol. The molecule has 0 radical (unpaired) electrons. The van der Waals surface area contributed by atoms with Crippen LogP contribution >= 0.6 is 11.6 Å². The van der Waals surface area contributed by atoms with Crippen molar-refractivity contribution in [2.75, 3.05) is 19.6 Å². The van der Waals surface area contributed by atoms with Crippen LogP contribution < -0.4 is 5.32 Å². The van der Waals surface area contributed by atoms with E-state index in [1.807, 2.05) is 13.8 Å². The lowest BCUT2D eigenvalue weighted by molar-refractivity contribution is 0.233. The molecule has 1 aromatic rings. The van der Waals surface area contributed by atoms with Crippen molar-refractivity contribution in [2.45, 2.75) is 24.3 Å². The summed E-state index contributed by atoms with van der Waals surface area (Å²) in [5.41, 5.74) is -0.314. The highest BCUT2D eigenvalue weighted by molar-refractivity contribution is 7.89. The van der Waals surface area contributed by atoms with Gasteiger partial charge in [-0.25, -0.2) is 12.8 Å². The fourth-order valence-corrected chi connectivity index (χ4v) is 4.20. The molecule has 0 unspecified atom stereocenters. The summed E-state index contributed by atoms with van der Waals surface area (Å²) in [6.45, 7) is 5.06. The number of benzene rings is 1. The van der Waals surface area contributed by atoms with Crippen molar-refractivity contribution in [1.29, 1.82) is 0 Å². The molecule has 2 rings (SSSR count). The van der Waals surface area contributed by atoms with E-state index in [0.29, 0.717) is 19.6 Å². The van der Waals surface area contributed by atoms with E-state index in [0.717, 1.165) is 12.1 Å². The Balaban J connectivity index is 2.39. The second-order valence-electron chi connectivity index (χ2n) is 5.22. The van der Waals surface area contributed by atoms with Gasteiger partial charge in [0.2, 0.25) is 10.0 Å². The summed E-state index contributed by atoms with van der Waals surface area (Å²) < 4.78 is 39.6. The minimum atomic E-state index is -3.76. The maximum absolute atomic E-state index is 13.2. The Morgan fingerprint density at radius 1 is 1.42 bits per heavy atom. The van der Waals surface area contributed by atoms with Crippen LogP contribution in [0.3, 0.4) is 0 Å². The van der Waals surface area contributed by atoms with E-state index in [-0.39, 0.29) is 15.5 Å². The Morgan fingerprint density at radius 2 is 2.11 bits per heavy atom.